The zero-order valence-corrected chi connectivity index (χ0v) is 15.1. The van der Waals surface area contributed by atoms with Gasteiger partial charge in [0, 0.05) is 23.4 Å². The van der Waals surface area contributed by atoms with Crippen molar-refractivity contribution in [2.45, 2.75) is 6.92 Å². The van der Waals surface area contributed by atoms with Gasteiger partial charge in [-0.1, -0.05) is 6.07 Å². The Labute approximate surface area is 160 Å². The molecule has 0 atom stereocenters. The van der Waals surface area contributed by atoms with Crippen LogP contribution < -0.4 is 14.8 Å². The lowest BCUT2D eigenvalue weighted by molar-refractivity contribution is -0.385. The van der Waals surface area contributed by atoms with Crippen molar-refractivity contribution in [1.29, 1.82) is 5.26 Å². The molecule has 144 valence electrons. The summed E-state index contributed by atoms with van der Waals surface area (Å²) in [4.78, 5) is 22.8. The van der Waals surface area contributed by atoms with Crippen LogP contribution in [0.1, 0.15) is 12.5 Å². The minimum Gasteiger partial charge on any atom is -0.504 e. The Morgan fingerprint density at radius 3 is 2.75 bits per heavy atom. The molecule has 0 fully saturated rings. The summed E-state index contributed by atoms with van der Waals surface area (Å²) in [6.45, 7) is 2.27. The normalized spacial score (nSPS) is 10.7. The SMILES string of the molecule is CCOc1cccc(NC(=O)/C(C#N)=C\c2cc([N+](=O)[O-])cc(OC)c2O)c1. The fourth-order valence-electron chi connectivity index (χ4n) is 2.32. The quantitative estimate of drug-likeness (QED) is 0.324. The van der Waals surface area contributed by atoms with Gasteiger partial charge in [0.25, 0.3) is 11.6 Å². The number of non-ortho nitro benzene ring substituents is 1. The number of phenols is 1. The largest absolute Gasteiger partial charge is 0.504 e. The third-order valence-electron chi connectivity index (χ3n) is 3.59. The maximum Gasteiger partial charge on any atom is 0.274 e. The van der Waals surface area contributed by atoms with Crippen LogP contribution in [0.25, 0.3) is 6.08 Å². The molecule has 9 nitrogen and oxygen atoms in total. The van der Waals surface area contributed by atoms with Crippen molar-refractivity contribution in [2.75, 3.05) is 19.0 Å². The number of anilines is 1. The molecule has 0 aliphatic rings. The van der Waals surface area contributed by atoms with Crippen LogP contribution in [0.4, 0.5) is 11.4 Å². The van der Waals surface area contributed by atoms with Gasteiger partial charge in [0.2, 0.25) is 0 Å². The Hall–Kier alpha value is -4.06. The molecule has 1 amide bonds. The van der Waals surface area contributed by atoms with Crippen LogP contribution in [0.2, 0.25) is 0 Å². The number of nitrogens with zero attached hydrogens (tertiary/aromatic N) is 2. The summed E-state index contributed by atoms with van der Waals surface area (Å²) in [6.07, 6.45) is 1.05. The van der Waals surface area contributed by atoms with Crippen LogP contribution in [0.15, 0.2) is 42.0 Å². The molecule has 0 heterocycles. The summed E-state index contributed by atoms with van der Waals surface area (Å²) in [5.41, 5.74) is -0.415. The third-order valence-corrected chi connectivity index (χ3v) is 3.59. The molecule has 2 N–H and O–H groups in total. The molecule has 0 saturated heterocycles. The second kappa shape index (κ2) is 9.05. The average Bonchev–Trinajstić information content (AvgIpc) is 2.67. The highest BCUT2D eigenvalue weighted by Crippen LogP contribution is 2.35. The standard InChI is InChI=1S/C19H17N3O6/c1-3-28-16-6-4-5-14(9-16)21-19(24)13(11-20)7-12-8-15(22(25)26)10-17(27-2)18(12)23/h4-10,23H,3H2,1-2H3,(H,21,24)/b13-7-. The van der Waals surface area contributed by atoms with Gasteiger partial charge in [-0.2, -0.15) is 5.26 Å². The molecule has 0 spiro atoms. The minimum atomic E-state index is -0.749. The molecule has 0 bridgehead atoms. The highest BCUT2D eigenvalue weighted by molar-refractivity contribution is 6.10. The van der Waals surface area contributed by atoms with Gasteiger partial charge in [0.15, 0.2) is 11.5 Å². The Morgan fingerprint density at radius 1 is 1.39 bits per heavy atom. The first-order chi connectivity index (χ1) is 13.4. The summed E-state index contributed by atoms with van der Waals surface area (Å²) in [5, 5.41) is 33.1. The summed E-state index contributed by atoms with van der Waals surface area (Å²) in [6, 6.07) is 10.4. The molecule has 9 heteroatoms. The predicted molar refractivity (Wildman–Crippen MR) is 101 cm³/mol. The number of carbonyl (C=O) groups excluding carboxylic acids is 1. The van der Waals surface area contributed by atoms with Crippen molar-refractivity contribution in [1.82, 2.24) is 0 Å². The average molecular weight is 383 g/mol. The molecule has 28 heavy (non-hydrogen) atoms. The van der Waals surface area contributed by atoms with Gasteiger partial charge in [-0.15, -0.1) is 0 Å². The van der Waals surface area contributed by atoms with E-state index in [4.69, 9.17) is 9.47 Å². The number of nitro benzene ring substituents is 1. The van der Waals surface area contributed by atoms with Crippen LogP contribution in [0, 0.1) is 21.4 Å². The molecule has 2 rings (SSSR count). The van der Waals surface area contributed by atoms with Crippen molar-refractivity contribution in [3.8, 4) is 23.3 Å². The van der Waals surface area contributed by atoms with E-state index in [0.29, 0.717) is 18.0 Å². The van der Waals surface area contributed by atoms with Crippen LogP contribution in [0.3, 0.4) is 0 Å². The zero-order chi connectivity index (χ0) is 20.7. The number of phenolic OH excluding ortho intramolecular Hbond substituents is 1. The lowest BCUT2D eigenvalue weighted by Crippen LogP contribution is -2.13. The summed E-state index contributed by atoms with van der Waals surface area (Å²) < 4.78 is 10.2. The maximum atomic E-state index is 12.4. The number of hydrogen-bond acceptors (Lipinski definition) is 7. The maximum absolute atomic E-state index is 12.4. The number of nitro groups is 1. The number of nitriles is 1. The second-order valence-corrected chi connectivity index (χ2v) is 5.43. The van der Waals surface area contributed by atoms with Crippen LogP contribution in [0.5, 0.6) is 17.2 Å². The number of benzene rings is 2. The number of hydrogen-bond donors (Lipinski definition) is 2. The molecule has 2 aromatic rings. The van der Waals surface area contributed by atoms with Crippen molar-refractivity contribution in [2.24, 2.45) is 0 Å². The van der Waals surface area contributed by atoms with Crippen LogP contribution in [-0.4, -0.2) is 29.7 Å². The number of rotatable bonds is 7. The number of nitrogens with one attached hydrogen (secondary N) is 1. The third kappa shape index (κ3) is 4.76. The summed E-state index contributed by atoms with van der Waals surface area (Å²) in [5.74, 6) is -0.778. The minimum absolute atomic E-state index is 0.0965. The lowest BCUT2D eigenvalue weighted by atomic mass is 10.1. The van der Waals surface area contributed by atoms with Gasteiger partial charge in [0.1, 0.15) is 17.4 Å². The number of carbonyl (C=O) groups is 1. The molecule has 0 radical (unpaired) electrons. The van der Waals surface area contributed by atoms with E-state index in [2.05, 4.69) is 5.32 Å². The van der Waals surface area contributed by atoms with Gasteiger partial charge in [-0.25, -0.2) is 0 Å². The van der Waals surface area contributed by atoms with E-state index in [-0.39, 0.29) is 22.6 Å². The summed E-state index contributed by atoms with van der Waals surface area (Å²) in [7, 11) is 1.23. The molecular weight excluding hydrogens is 366 g/mol. The van der Waals surface area contributed by atoms with Crippen molar-refractivity contribution in [3.63, 3.8) is 0 Å². The molecular formula is C19H17N3O6. The Morgan fingerprint density at radius 2 is 2.14 bits per heavy atom. The van der Waals surface area contributed by atoms with Gasteiger partial charge in [-0.05, 0) is 25.1 Å². The predicted octanol–water partition coefficient (Wildman–Crippen LogP) is 3.25. The van der Waals surface area contributed by atoms with E-state index in [1.165, 1.54) is 7.11 Å². The Balaban J connectivity index is 2.37. The van der Waals surface area contributed by atoms with Crippen LogP contribution >= 0.6 is 0 Å². The first-order valence-corrected chi connectivity index (χ1v) is 8.11. The van der Waals surface area contributed by atoms with Crippen molar-refractivity contribution in [3.05, 3.63) is 57.6 Å². The van der Waals surface area contributed by atoms with Gasteiger partial charge in [-0.3, -0.25) is 14.9 Å². The molecule has 2 aromatic carbocycles. The molecule has 0 unspecified atom stereocenters. The van der Waals surface area contributed by atoms with Crippen LogP contribution in [-0.2, 0) is 4.79 Å². The van der Waals surface area contributed by atoms with E-state index >= 15 is 0 Å². The van der Waals surface area contributed by atoms with E-state index in [1.807, 2.05) is 6.92 Å². The number of methoxy groups -OCH3 is 1. The highest BCUT2D eigenvalue weighted by atomic mass is 16.6. The number of aromatic hydroxyl groups is 1. The van der Waals surface area contributed by atoms with E-state index < -0.39 is 16.6 Å². The van der Waals surface area contributed by atoms with E-state index in [1.54, 1.807) is 30.3 Å². The fourth-order valence-corrected chi connectivity index (χ4v) is 2.32. The summed E-state index contributed by atoms with van der Waals surface area (Å²) >= 11 is 0. The van der Waals surface area contributed by atoms with Gasteiger partial charge < -0.3 is 19.9 Å². The molecule has 0 aliphatic carbocycles. The zero-order valence-electron chi connectivity index (χ0n) is 15.1. The number of ether oxygens (including phenoxy) is 2. The topological polar surface area (TPSA) is 135 Å². The lowest BCUT2D eigenvalue weighted by Gasteiger charge is -2.09. The highest BCUT2D eigenvalue weighted by Gasteiger charge is 2.18. The molecule has 0 aromatic heterocycles. The molecule has 0 aliphatic heterocycles. The fraction of sp³-hybridized carbons (Fsp3) is 0.158. The first-order valence-electron chi connectivity index (χ1n) is 8.11. The Kier molecular flexibility index (Phi) is 6.54. The van der Waals surface area contributed by atoms with E-state index in [9.17, 15) is 25.3 Å². The molecule has 0 saturated carbocycles. The van der Waals surface area contributed by atoms with Gasteiger partial charge >= 0.3 is 0 Å². The monoisotopic (exact) mass is 383 g/mol. The van der Waals surface area contributed by atoms with Crippen molar-refractivity contribution >= 4 is 23.4 Å². The smallest absolute Gasteiger partial charge is 0.274 e. The second-order valence-electron chi connectivity index (χ2n) is 5.43. The number of amides is 1. The Bertz CT molecular complexity index is 978. The first kappa shape index (κ1) is 20.3. The van der Waals surface area contributed by atoms with Crippen molar-refractivity contribution < 1.29 is 24.3 Å². The van der Waals surface area contributed by atoms with E-state index in [0.717, 1.165) is 18.2 Å². The van der Waals surface area contributed by atoms with Gasteiger partial charge in [0.05, 0.1) is 24.7 Å².